The van der Waals surface area contributed by atoms with Crippen LogP contribution < -0.4 is 10.2 Å². The first kappa shape index (κ1) is 16.1. The van der Waals surface area contributed by atoms with Gasteiger partial charge in [-0.1, -0.05) is 13.8 Å². The van der Waals surface area contributed by atoms with Crippen molar-refractivity contribution in [3.05, 3.63) is 18.0 Å². The second-order valence-electron chi connectivity index (χ2n) is 5.53. The number of hydrogen-bond donors (Lipinski definition) is 2. The van der Waals surface area contributed by atoms with E-state index >= 15 is 0 Å². The summed E-state index contributed by atoms with van der Waals surface area (Å²) in [5.74, 6) is 0.765. The van der Waals surface area contributed by atoms with Gasteiger partial charge in [0.25, 0.3) is 0 Å². The first-order valence-electron chi connectivity index (χ1n) is 7.73. The molecule has 2 rings (SSSR count). The van der Waals surface area contributed by atoms with Gasteiger partial charge < -0.3 is 20.1 Å². The lowest BCUT2D eigenvalue weighted by atomic mass is 9.97. The van der Waals surface area contributed by atoms with Gasteiger partial charge in [0, 0.05) is 44.1 Å². The lowest BCUT2D eigenvalue weighted by Crippen LogP contribution is -2.39. The van der Waals surface area contributed by atoms with Gasteiger partial charge in [-0.15, -0.1) is 0 Å². The number of morpholine rings is 1. The maximum atomic E-state index is 10.2. The summed E-state index contributed by atoms with van der Waals surface area (Å²) < 4.78 is 5.32. The fraction of sp³-hybridized carbons (Fsp3) is 0.733. The van der Waals surface area contributed by atoms with Crippen molar-refractivity contribution in [2.24, 2.45) is 0 Å². The molecule has 118 valence electrons. The van der Waals surface area contributed by atoms with E-state index in [-0.39, 0.29) is 0 Å². The lowest BCUT2D eigenvalue weighted by Gasteiger charge is -2.27. The van der Waals surface area contributed by atoms with E-state index < -0.39 is 5.60 Å². The summed E-state index contributed by atoms with van der Waals surface area (Å²) >= 11 is 0. The molecule has 1 aromatic rings. The Hall–Kier alpha value is -1.24. The molecule has 0 spiro atoms. The van der Waals surface area contributed by atoms with Gasteiger partial charge in [0.05, 0.1) is 18.8 Å². The number of nitrogens with one attached hydrogen (secondary N) is 1. The predicted octanol–water partition coefficient (Wildman–Crippen LogP) is 0.954. The molecule has 0 aliphatic carbocycles. The molecular formula is C15H26N4O2. The number of rotatable bonds is 7. The van der Waals surface area contributed by atoms with Crippen molar-refractivity contribution in [1.82, 2.24) is 15.3 Å². The van der Waals surface area contributed by atoms with Gasteiger partial charge >= 0.3 is 0 Å². The summed E-state index contributed by atoms with van der Waals surface area (Å²) in [6.07, 6.45) is 5.20. The van der Waals surface area contributed by atoms with Gasteiger partial charge in [-0.05, 0) is 12.8 Å². The molecule has 2 heterocycles. The quantitative estimate of drug-likeness (QED) is 0.780. The van der Waals surface area contributed by atoms with Crippen molar-refractivity contribution in [2.45, 2.75) is 38.8 Å². The average Bonchev–Trinajstić information content (AvgIpc) is 2.56. The zero-order valence-corrected chi connectivity index (χ0v) is 13.0. The highest BCUT2D eigenvalue weighted by molar-refractivity contribution is 5.30. The Balaban J connectivity index is 1.82. The van der Waals surface area contributed by atoms with Crippen LogP contribution in [0.25, 0.3) is 0 Å². The summed E-state index contributed by atoms with van der Waals surface area (Å²) in [5, 5.41) is 13.5. The topological polar surface area (TPSA) is 70.5 Å². The fourth-order valence-corrected chi connectivity index (χ4v) is 2.31. The van der Waals surface area contributed by atoms with Gasteiger partial charge in [-0.25, -0.2) is 9.97 Å². The Labute approximate surface area is 126 Å². The normalized spacial score (nSPS) is 16.2. The summed E-state index contributed by atoms with van der Waals surface area (Å²) in [6, 6.07) is 0. The molecule has 0 radical (unpaired) electrons. The highest BCUT2D eigenvalue weighted by atomic mass is 16.5. The van der Waals surface area contributed by atoms with Crippen molar-refractivity contribution in [3.8, 4) is 0 Å². The van der Waals surface area contributed by atoms with Crippen molar-refractivity contribution in [2.75, 3.05) is 37.7 Å². The van der Waals surface area contributed by atoms with E-state index in [9.17, 15) is 5.11 Å². The predicted molar refractivity (Wildman–Crippen MR) is 82.3 cm³/mol. The molecule has 1 aliphatic heterocycles. The Morgan fingerprint density at radius 2 is 1.86 bits per heavy atom. The van der Waals surface area contributed by atoms with Crippen LogP contribution in [0.2, 0.25) is 0 Å². The van der Waals surface area contributed by atoms with Crippen LogP contribution in [0.5, 0.6) is 0 Å². The Morgan fingerprint density at radius 1 is 1.24 bits per heavy atom. The maximum Gasteiger partial charge on any atom is 0.225 e. The molecule has 0 atom stereocenters. The molecule has 0 saturated carbocycles. The molecule has 0 amide bonds. The minimum Gasteiger partial charge on any atom is -0.389 e. The number of aliphatic hydroxyl groups is 1. The van der Waals surface area contributed by atoms with Gasteiger partial charge in [0.1, 0.15) is 0 Å². The van der Waals surface area contributed by atoms with E-state index in [4.69, 9.17) is 4.74 Å². The zero-order chi connectivity index (χ0) is 15.1. The molecule has 2 N–H and O–H groups in total. The molecule has 0 bridgehead atoms. The summed E-state index contributed by atoms with van der Waals surface area (Å²) in [5.41, 5.74) is 0.413. The molecule has 6 heteroatoms. The molecule has 1 fully saturated rings. The van der Waals surface area contributed by atoms with Crippen LogP contribution in [-0.4, -0.2) is 53.5 Å². The average molecular weight is 294 g/mol. The van der Waals surface area contributed by atoms with E-state index in [0.29, 0.717) is 13.1 Å². The van der Waals surface area contributed by atoms with E-state index in [1.807, 2.05) is 26.2 Å². The summed E-state index contributed by atoms with van der Waals surface area (Å²) in [6.45, 7) is 8.43. The van der Waals surface area contributed by atoms with Gasteiger partial charge in [0.15, 0.2) is 0 Å². The van der Waals surface area contributed by atoms with Crippen LogP contribution in [0, 0.1) is 0 Å². The molecule has 1 aromatic heterocycles. The SMILES string of the molecule is CCC(O)(CC)CNCc1cnc(N2CCOCC2)nc1. The third-order valence-corrected chi connectivity index (χ3v) is 4.09. The second-order valence-corrected chi connectivity index (χ2v) is 5.53. The van der Waals surface area contributed by atoms with Crippen molar-refractivity contribution in [1.29, 1.82) is 0 Å². The fourth-order valence-electron chi connectivity index (χ4n) is 2.31. The van der Waals surface area contributed by atoms with Crippen LogP contribution in [0.15, 0.2) is 12.4 Å². The Bertz CT molecular complexity index is 414. The number of hydrogen-bond acceptors (Lipinski definition) is 6. The van der Waals surface area contributed by atoms with Crippen LogP contribution in [0.1, 0.15) is 32.3 Å². The third-order valence-electron chi connectivity index (χ3n) is 4.09. The molecule has 0 aromatic carbocycles. The van der Waals surface area contributed by atoms with E-state index in [2.05, 4.69) is 20.2 Å². The number of nitrogens with zero attached hydrogens (tertiary/aromatic N) is 3. The number of aromatic nitrogens is 2. The molecule has 0 unspecified atom stereocenters. The first-order valence-corrected chi connectivity index (χ1v) is 7.73. The summed E-state index contributed by atoms with van der Waals surface area (Å²) in [7, 11) is 0. The molecular weight excluding hydrogens is 268 g/mol. The third kappa shape index (κ3) is 4.62. The number of ether oxygens (including phenoxy) is 1. The van der Waals surface area contributed by atoms with Crippen molar-refractivity contribution < 1.29 is 9.84 Å². The summed E-state index contributed by atoms with van der Waals surface area (Å²) in [4.78, 5) is 11.0. The van der Waals surface area contributed by atoms with Crippen LogP contribution in [0.3, 0.4) is 0 Å². The van der Waals surface area contributed by atoms with Gasteiger partial charge in [0.2, 0.25) is 5.95 Å². The van der Waals surface area contributed by atoms with Crippen LogP contribution in [0.4, 0.5) is 5.95 Å². The number of anilines is 1. The molecule has 21 heavy (non-hydrogen) atoms. The van der Waals surface area contributed by atoms with Crippen LogP contribution >= 0.6 is 0 Å². The highest BCUT2D eigenvalue weighted by Gasteiger charge is 2.21. The maximum absolute atomic E-state index is 10.2. The molecule has 6 nitrogen and oxygen atoms in total. The van der Waals surface area contributed by atoms with Crippen LogP contribution in [-0.2, 0) is 11.3 Å². The zero-order valence-electron chi connectivity index (χ0n) is 13.0. The largest absolute Gasteiger partial charge is 0.389 e. The van der Waals surface area contributed by atoms with Crippen molar-refractivity contribution >= 4 is 5.95 Å². The van der Waals surface area contributed by atoms with Gasteiger partial charge in [-0.2, -0.15) is 0 Å². The van der Waals surface area contributed by atoms with Gasteiger partial charge in [-0.3, -0.25) is 0 Å². The smallest absolute Gasteiger partial charge is 0.225 e. The minimum absolute atomic E-state index is 0.589. The standard InChI is InChI=1S/C15H26N4O2/c1-3-15(20,4-2)12-16-9-13-10-17-14(18-11-13)19-5-7-21-8-6-19/h10-11,16,20H,3-9,12H2,1-2H3. The van der Waals surface area contributed by atoms with Crippen molar-refractivity contribution in [3.63, 3.8) is 0 Å². The first-order chi connectivity index (χ1) is 10.2. The highest BCUT2D eigenvalue weighted by Crippen LogP contribution is 2.13. The van der Waals surface area contributed by atoms with E-state index in [0.717, 1.165) is 50.7 Å². The Kier molecular flexibility index (Phi) is 5.90. The second kappa shape index (κ2) is 7.68. The van der Waals surface area contributed by atoms with E-state index in [1.54, 1.807) is 0 Å². The minimum atomic E-state index is -0.616. The molecule has 1 saturated heterocycles. The monoisotopic (exact) mass is 294 g/mol. The molecule has 1 aliphatic rings. The lowest BCUT2D eigenvalue weighted by molar-refractivity contribution is 0.0323. The van der Waals surface area contributed by atoms with E-state index in [1.165, 1.54) is 0 Å². The Morgan fingerprint density at radius 3 is 2.43 bits per heavy atom.